The lowest BCUT2D eigenvalue weighted by molar-refractivity contribution is -0.113. The normalized spacial score (nSPS) is 16.1. The average molecular weight is 353 g/mol. The largest absolute Gasteiger partial charge is 0.295 e. The molecular weight excluding hydrogens is 338 g/mol. The molecule has 0 unspecified atom stereocenters. The fraction of sp³-hybridized carbons (Fsp3) is 0.105. The van der Waals surface area contributed by atoms with Crippen LogP contribution in [0.4, 0.5) is 5.69 Å². The molecule has 2 aromatic carbocycles. The third kappa shape index (κ3) is 3.32. The predicted octanol–water partition coefficient (Wildman–Crippen LogP) is 4.60. The summed E-state index contributed by atoms with van der Waals surface area (Å²) in [7, 11) is 0. The maximum absolute atomic E-state index is 12.8. The van der Waals surface area contributed by atoms with Gasteiger partial charge in [-0.15, -0.1) is 0 Å². The van der Waals surface area contributed by atoms with Crippen LogP contribution in [-0.4, -0.2) is 16.0 Å². The summed E-state index contributed by atoms with van der Waals surface area (Å²) in [5, 5.41) is 0. The first kappa shape index (κ1) is 16.6. The van der Waals surface area contributed by atoms with Gasteiger partial charge < -0.3 is 0 Å². The van der Waals surface area contributed by atoms with Crippen LogP contribution in [0.5, 0.6) is 0 Å². The van der Waals surface area contributed by atoms with Crippen LogP contribution in [0.25, 0.3) is 6.08 Å². The topological polar surface area (TPSA) is 37.4 Å². The van der Waals surface area contributed by atoms with E-state index in [4.69, 9.17) is 12.2 Å². The SMILES string of the molecule is CC(=O)c1cccc(N2C(=O)/C(=C/c3cccc(C)c3)SC2=S)c1. The molecule has 0 aliphatic carbocycles. The molecule has 0 aromatic heterocycles. The van der Waals surface area contributed by atoms with Gasteiger partial charge in [0.1, 0.15) is 0 Å². The molecule has 24 heavy (non-hydrogen) atoms. The Morgan fingerprint density at radius 3 is 2.62 bits per heavy atom. The molecule has 0 bridgehead atoms. The Labute approximate surface area is 150 Å². The van der Waals surface area contributed by atoms with Gasteiger partial charge in [-0.1, -0.05) is 65.9 Å². The van der Waals surface area contributed by atoms with Crippen molar-refractivity contribution >= 4 is 51.8 Å². The van der Waals surface area contributed by atoms with Crippen LogP contribution in [0.1, 0.15) is 28.4 Å². The highest BCUT2D eigenvalue weighted by molar-refractivity contribution is 8.27. The zero-order valence-corrected chi connectivity index (χ0v) is 14.9. The second-order valence-corrected chi connectivity index (χ2v) is 7.21. The Kier molecular flexibility index (Phi) is 4.64. The Hall–Kier alpha value is -2.24. The number of hydrogen-bond donors (Lipinski definition) is 0. The molecule has 0 spiro atoms. The fourth-order valence-electron chi connectivity index (χ4n) is 2.47. The number of amides is 1. The first-order valence-electron chi connectivity index (χ1n) is 7.41. The van der Waals surface area contributed by atoms with Crippen LogP contribution in [0.3, 0.4) is 0 Å². The Balaban J connectivity index is 1.95. The number of carbonyl (C=O) groups is 2. The average Bonchev–Trinajstić information content (AvgIpc) is 2.81. The molecule has 1 aliphatic rings. The summed E-state index contributed by atoms with van der Waals surface area (Å²) in [6.45, 7) is 3.51. The van der Waals surface area contributed by atoms with Crippen LogP contribution in [0, 0.1) is 6.92 Å². The molecule has 1 saturated heterocycles. The number of aryl methyl sites for hydroxylation is 1. The van der Waals surface area contributed by atoms with Crippen molar-refractivity contribution in [3.05, 3.63) is 70.1 Å². The molecule has 0 saturated carbocycles. The fourth-order valence-corrected chi connectivity index (χ4v) is 3.76. The second kappa shape index (κ2) is 6.71. The third-order valence-corrected chi connectivity index (χ3v) is 4.95. The molecule has 1 heterocycles. The van der Waals surface area contributed by atoms with Crippen molar-refractivity contribution in [2.45, 2.75) is 13.8 Å². The van der Waals surface area contributed by atoms with E-state index in [0.717, 1.165) is 11.1 Å². The summed E-state index contributed by atoms with van der Waals surface area (Å²) in [6.07, 6.45) is 1.85. The van der Waals surface area contributed by atoms with Crippen LogP contribution in [-0.2, 0) is 4.79 Å². The van der Waals surface area contributed by atoms with Crippen molar-refractivity contribution in [3.8, 4) is 0 Å². The summed E-state index contributed by atoms with van der Waals surface area (Å²) in [4.78, 5) is 26.4. The maximum Gasteiger partial charge on any atom is 0.270 e. The zero-order valence-electron chi connectivity index (χ0n) is 13.3. The highest BCUT2D eigenvalue weighted by atomic mass is 32.2. The standard InChI is InChI=1S/C19H15NO2S2/c1-12-5-3-6-14(9-12)10-17-18(22)20(19(23)24-17)16-8-4-7-15(11-16)13(2)21/h3-11H,1-2H3/b17-10-. The van der Waals surface area contributed by atoms with E-state index in [1.54, 1.807) is 24.3 Å². The summed E-state index contributed by atoms with van der Waals surface area (Å²) >= 11 is 6.65. The zero-order chi connectivity index (χ0) is 17.3. The molecular formula is C19H15NO2S2. The molecule has 5 heteroatoms. The maximum atomic E-state index is 12.8. The van der Waals surface area contributed by atoms with E-state index in [0.29, 0.717) is 20.5 Å². The van der Waals surface area contributed by atoms with E-state index < -0.39 is 0 Å². The number of rotatable bonds is 3. The van der Waals surface area contributed by atoms with Gasteiger partial charge in [-0.2, -0.15) is 0 Å². The minimum absolute atomic E-state index is 0.0439. The summed E-state index contributed by atoms with van der Waals surface area (Å²) in [5.41, 5.74) is 3.28. The molecule has 1 fully saturated rings. The number of thiocarbonyl (C=S) groups is 1. The van der Waals surface area contributed by atoms with Crippen molar-refractivity contribution in [1.29, 1.82) is 0 Å². The van der Waals surface area contributed by atoms with Crippen molar-refractivity contribution in [2.24, 2.45) is 0 Å². The molecule has 1 amide bonds. The van der Waals surface area contributed by atoms with Crippen molar-refractivity contribution in [2.75, 3.05) is 4.90 Å². The van der Waals surface area contributed by atoms with Crippen LogP contribution >= 0.6 is 24.0 Å². The van der Waals surface area contributed by atoms with Crippen LogP contribution in [0.2, 0.25) is 0 Å². The van der Waals surface area contributed by atoms with Gasteiger partial charge in [-0.3, -0.25) is 14.5 Å². The van der Waals surface area contributed by atoms with Gasteiger partial charge in [0.2, 0.25) is 0 Å². The van der Waals surface area contributed by atoms with Gasteiger partial charge in [0.15, 0.2) is 10.1 Å². The van der Waals surface area contributed by atoms with Gasteiger partial charge >= 0.3 is 0 Å². The highest BCUT2D eigenvalue weighted by Gasteiger charge is 2.33. The molecule has 3 rings (SSSR count). The van der Waals surface area contributed by atoms with Gasteiger partial charge in [0.25, 0.3) is 5.91 Å². The van der Waals surface area contributed by atoms with Gasteiger partial charge in [0, 0.05) is 5.56 Å². The number of ketones is 1. The molecule has 1 aliphatic heterocycles. The van der Waals surface area contributed by atoms with Crippen LogP contribution in [0.15, 0.2) is 53.4 Å². The van der Waals surface area contributed by atoms with Crippen molar-refractivity contribution in [1.82, 2.24) is 0 Å². The Bertz CT molecular complexity index is 886. The van der Waals surface area contributed by atoms with Crippen LogP contribution < -0.4 is 4.90 Å². The summed E-state index contributed by atoms with van der Waals surface area (Å²) in [6, 6.07) is 14.9. The lowest BCUT2D eigenvalue weighted by atomic mass is 10.1. The number of hydrogen-bond acceptors (Lipinski definition) is 4. The van der Waals surface area contributed by atoms with E-state index in [9.17, 15) is 9.59 Å². The quantitative estimate of drug-likeness (QED) is 0.459. The van der Waals surface area contributed by atoms with Crippen molar-refractivity contribution in [3.63, 3.8) is 0 Å². The van der Waals surface area contributed by atoms with E-state index in [1.165, 1.54) is 23.6 Å². The minimum Gasteiger partial charge on any atom is -0.295 e. The van der Waals surface area contributed by atoms with E-state index in [-0.39, 0.29) is 11.7 Å². The van der Waals surface area contributed by atoms with Gasteiger partial charge in [-0.05, 0) is 37.6 Å². The minimum atomic E-state index is -0.160. The van der Waals surface area contributed by atoms with E-state index in [2.05, 4.69) is 0 Å². The van der Waals surface area contributed by atoms with E-state index >= 15 is 0 Å². The number of nitrogens with zero attached hydrogens (tertiary/aromatic N) is 1. The monoisotopic (exact) mass is 353 g/mol. The predicted molar refractivity (Wildman–Crippen MR) is 103 cm³/mol. The molecule has 120 valence electrons. The third-order valence-electron chi connectivity index (χ3n) is 3.64. The van der Waals surface area contributed by atoms with Gasteiger partial charge in [-0.25, -0.2) is 0 Å². The molecule has 3 nitrogen and oxygen atoms in total. The number of carbonyl (C=O) groups excluding carboxylic acids is 2. The smallest absolute Gasteiger partial charge is 0.270 e. The number of anilines is 1. The van der Waals surface area contributed by atoms with E-state index in [1.807, 2.05) is 37.3 Å². The lowest BCUT2D eigenvalue weighted by Crippen LogP contribution is -2.27. The molecule has 0 radical (unpaired) electrons. The summed E-state index contributed by atoms with van der Waals surface area (Å²) < 4.78 is 0.472. The molecule has 0 N–H and O–H groups in total. The lowest BCUT2D eigenvalue weighted by Gasteiger charge is -2.15. The first-order valence-corrected chi connectivity index (χ1v) is 8.64. The summed E-state index contributed by atoms with van der Waals surface area (Å²) in [5.74, 6) is -0.204. The molecule has 0 atom stereocenters. The van der Waals surface area contributed by atoms with Crippen molar-refractivity contribution < 1.29 is 9.59 Å². The number of benzene rings is 2. The highest BCUT2D eigenvalue weighted by Crippen LogP contribution is 2.36. The Morgan fingerprint density at radius 1 is 1.17 bits per heavy atom. The second-order valence-electron chi connectivity index (χ2n) is 5.54. The first-order chi connectivity index (χ1) is 11.5. The Morgan fingerprint density at radius 2 is 1.92 bits per heavy atom. The van der Waals surface area contributed by atoms with Gasteiger partial charge in [0.05, 0.1) is 10.6 Å². The number of Topliss-reactive ketones (excluding diaryl/α,β-unsaturated/α-hetero) is 1. The molecule has 2 aromatic rings. The number of thioether (sulfide) groups is 1.